The Labute approximate surface area is 207 Å². The molecule has 0 spiro atoms. The second-order valence-electron chi connectivity index (χ2n) is 8.97. The molecule has 36 heavy (non-hydrogen) atoms. The molecule has 2 atom stereocenters. The first-order chi connectivity index (χ1) is 17.5. The molecule has 0 radical (unpaired) electrons. The van der Waals surface area contributed by atoms with Gasteiger partial charge in [0.15, 0.2) is 0 Å². The summed E-state index contributed by atoms with van der Waals surface area (Å²) in [4.78, 5) is 27.2. The Bertz CT molecular complexity index is 1450. The highest BCUT2D eigenvalue weighted by Crippen LogP contribution is 2.32. The first-order valence-corrected chi connectivity index (χ1v) is 12.0. The molecule has 184 valence electrons. The van der Waals surface area contributed by atoms with Gasteiger partial charge in [0, 0.05) is 42.7 Å². The Morgan fingerprint density at radius 1 is 1.11 bits per heavy atom. The van der Waals surface area contributed by atoms with Crippen LogP contribution in [0.1, 0.15) is 35.8 Å². The molecule has 0 fully saturated rings. The van der Waals surface area contributed by atoms with Crippen LogP contribution in [0.15, 0.2) is 77.6 Å². The Balaban J connectivity index is 1.29. The van der Waals surface area contributed by atoms with E-state index in [0.717, 1.165) is 11.3 Å². The van der Waals surface area contributed by atoms with Crippen LogP contribution in [0.5, 0.6) is 5.75 Å². The summed E-state index contributed by atoms with van der Waals surface area (Å²) < 4.78 is 20.8. The van der Waals surface area contributed by atoms with E-state index in [2.05, 4.69) is 20.4 Å². The standard InChI is InChI=1S/C28H27FN4O3/c1-18(26-20-9-3-4-10-21(20)28(35)32-31-26)27(34)30-14-15-33-16-19-8-2-7-13-24(19)36-25(17-33)22-11-5-6-12-23(22)29/h2-13,18,25H,14-17H2,1H3,(H,30,34)(H,32,35). The van der Waals surface area contributed by atoms with Crippen LogP contribution in [0.2, 0.25) is 0 Å². The van der Waals surface area contributed by atoms with E-state index < -0.39 is 12.0 Å². The van der Waals surface area contributed by atoms with Crippen molar-refractivity contribution in [3.05, 3.63) is 106 Å². The van der Waals surface area contributed by atoms with Gasteiger partial charge in [0.2, 0.25) is 5.91 Å². The highest BCUT2D eigenvalue weighted by atomic mass is 19.1. The highest BCUT2D eigenvalue weighted by Gasteiger charge is 2.26. The van der Waals surface area contributed by atoms with E-state index in [1.54, 1.807) is 43.3 Å². The number of nitrogens with zero attached hydrogens (tertiary/aromatic N) is 2. The molecule has 3 aromatic carbocycles. The van der Waals surface area contributed by atoms with Crippen molar-refractivity contribution < 1.29 is 13.9 Å². The molecule has 0 saturated carbocycles. The smallest absolute Gasteiger partial charge is 0.272 e. The molecule has 8 heteroatoms. The molecule has 2 N–H and O–H groups in total. The van der Waals surface area contributed by atoms with Crippen molar-refractivity contribution in [1.29, 1.82) is 0 Å². The van der Waals surface area contributed by atoms with Gasteiger partial charge in [-0.25, -0.2) is 9.49 Å². The second-order valence-corrected chi connectivity index (χ2v) is 8.97. The fraction of sp³-hybridized carbons (Fsp3) is 0.250. The molecular formula is C28H27FN4O3. The summed E-state index contributed by atoms with van der Waals surface area (Å²) in [5.41, 5.74) is 1.77. The molecular weight excluding hydrogens is 459 g/mol. The van der Waals surface area contributed by atoms with Crippen LogP contribution in [0, 0.1) is 5.82 Å². The number of amides is 1. The van der Waals surface area contributed by atoms with E-state index in [-0.39, 0.29) is 17.3 Å². The van der Waals surface area contributed by atoms with Crippen molar-refractivity contribution in [1.82, 2.24) is 20.4 Å². The maximum Gasteiger partial charge on any atom is 0.272 e. The molecule has 0 bridgehead atoms. The third-order valence-electron chi connectivity index (χ3n) is 6.57. The van der Waals surface area contributed by atoms with Gasteiger partial charge in [-0.2, -0.15) is 5.10 Å². The number of halogens is 1. The number of para-hydroxylation sites is 1. The fourth-order valence-electron chi connectivity index (χ4n) is 4.63. The van der Waals surface area contributed by atoms with Gasteiger partial charge in [-0.3, -0.25) is 14.5 Å². The van der Waals surface area contributed by atoms with E-state index in [0.29, 0.717) is 48.2 Å². The van der Waals surface area contributed by atoms with Gasteiger partial charge in [0.1, 0.15) is 17.7 Å². The Morgan fingerprint density at radius 2 is 1.83 bits per heavy atom. The number of hydrogen-bond acceptors (Lipinski definition) is 5. The van der Waals surface area contributed by atoms with E-state index in [4.69, 9.17) is 4.74 Å². The van der Waals surface area contributed by atoms with Crippen molar-refractivity contribution in [2.75, 3.05) is 19.6 Å². The number of benzene rings is 3. The van der Waals surface area contributed by atoms with Crippen molar-refractivity contribution >= 4 is 16.7 Å². The molecule has 1 amide bonds. The van der Waals surface area contributed by atoms with Gasteiger partial charge in [0.25, 0.3) is 5.56 Å². The lowest BCUT2D eigenvalue weighted by Gasteiger charge is -2.25. The highest BCUT2D eigenvalue weighted by molar-refractivity contribution is 5.90. The van der Waals surface area contributed by atoms with E-state index >= 15 is 0 Å². The molecule has 4 aromatic rings. The summed E-state index contributed by atoms with van der Waals surface area (Å²) in [5.74, 6) is -0.297. The van der Waals surface area contributed by atoms with Crippen LogP contribution in [0.4, 0.5) is 4.39 Å². The number of aromatic amines is 1. The zero-order valence-corrected chi connectivity index (χ0v) is 19.9. The normalized spacial score (nSPS) is 16.6. The average molecular weight is 487 g/mol. The molecule has 1 aliphatic heterocycles. The maximum atomic E-state index is 14.6. The molecule has 7 nitrogen and oxygen atoms in total. The van der Waals surface area contributed by atoms with E-state index in [1.807, 2.05) is 30.3 Å². The number of carbonyl (C=O) groups is 1. The van der Waals surface area contributed by atoms with Gasteiger partial charge >= 0.3 is 0 Å². The largest absolute Gasteiger partial charge is 0.484 e. The van der Waals surface area contributed by atoms with Crippen LogP contribution in [-0.4, -0.2) is 40.6 Å². The summed E-state index contributed by atoms with van der Waals surface area (Å²) in [6.07, 6.45) is -0.471. The fourth-order valence-corrected chi connectivity index (χ4v) is 4.63. The number of fused-ring (bicyclic) bond motifs is 2. The lowest BCUT2D eigenvalue weighted by Crippen LogP contribution is -2.38. The third-order valence-corrected chi connectivity index (χ3v) is 6.57. The summed E-state index contributed by atoms with van der Waals surface area (Å²) in [6, 6.07) is 21.5. The first-order valence-electron chi connectivity index (χ1n) is 12.0. The first kappa shape index (κ1) is 23.7. The Morgan fingerprint density at radius 3 is 2.67 bits per heavy atom. The van der Waals surface area contributed by atoms with Crippen molar-refractivity contribution in [3.63, 3.8) is 0 Å². The molecule has 0 aliphatic carbocycles. The van der Waals surface area contributed by atoms with Crippen LogP contribution in [0.3, 0.4) is 0 Å². The molecule has 1 aliphatic rings. The number of carbonyl (C=O) groups excluding carboxylic acids is 1. The van der Waals surface area contributed by atoms with Crippen LogP contribution < -0.4 is 15.6 Å². The van der Waals surface area contributed by atoms with Gasteiger partial charge in [-0.15, -0.1) is 0 Å². The van der Waals surface area contributed by atoms with E-state index in [9.17, 15) is 14.0 Å². The van der Waals surface area contributed by atoms with Gasteiger partial charge < -0.3 is 10.1 Å². The Hall–Kier alpha value is -4.04. The number of nitrogens with one attached hydrogen (secondary N) is 2. The number of rotatable bonds is 6. The van der Waals surface area contributed by atoms with E-state index in [1.165, 1.54) is 6.07 Å². The zero-order chi connectivity index (χ0) is 25.1. The topological polar surface area (TPSA) is 87.3 Å². The quantitative estimate of drug-likeness (QED) is 0.432. The van der Waals surface area contributed by atoms with Crippen molar-refractivity contribution in [3.8, 4) is 5.75 Å². The monoisotopic (exact) mass is 486 g/mol. The molecule has 0 saturated heterocycles. The van der Waals surface area contributed by atoms with Crippen molar-refractivity contribution in [2.24, 2.45) is 0 Å². The van der Waals surface area contributed by atoms with Gasteiger partial charge in [0.05, 0.1) is 17.0 Å². The van der Waals surface area contributed by atoms with Crippen molar-refractivity contribution in [2.45, 2.75) is 25.5 Å². The molecule has 2 heterocycles. The summed E-state index contributed by atoms with van der Waals surface area (Å²) in [7, 11) is 0. The average Bonchev–Trinajstić information content (AvgIpc) is 3.08. The predicted octanol–water partition coefficient (Wildman–Crippen LogP) is 3.92. The number of H-pyrrole nitrogens is 1. The summed E-state index contributed by atoms with van der Waals surface area (Å²) in [5, 5.41) is 10.8. The minimum atomic E-state index is -0.550. The predicted molar refractivity (Wildman–Crippen MR) is 135 cm³/mol. The van der Waals surface area contributed by atoms with Gasteiger partial charge in [-0.05, 0) is 25.1 Å². The second kappa shape index (κ2) is 10.3. The lowest BCUT2D eigenvalue weighted by atomic mass is 10.0. The number of aromatic nitrogens is 2. The van der Waals surface area contributed by atoms with Crippen LogP contribution in [0.25, 0.3) is 10.8 Å². The minimum Gasteiger partial charge on any atom is -0.484 e. The number of hydrogen-bond donors (Lipinski definition) is 2. The zero-order valence-electron chi connectivity index (χ0n) is 19.9. The molecule has 1 aromatic heterocycles. The molecule has 5 rings (SSSR count). The number of ether oxygens (including phenoxy) is 1. The van der Waals surface area contributed by atoms with Crippen LogP contribution >= 0.6 is 0 Å². The van der Waals surface area contributed by atoms with Crippen LogP contribution in [-0.2, 0) is 11.3 Å². The third kappa shape index (κ3) is 4.85. The maximum absolute atomic E-state index is 14.6. The molecule has 2 unspecified atom stereocenters. The van der Waals surface area contributed by atoms with Gasteiger partial charge in [-0.1, -0.05) is 54.6 Å². The SMILES string of the molecule is CC(C(=O)NCCN1Cc2ccccc2OC(c2ccccc2F)C1)c1n[nH]c(=O)c2ccccc12. The minimum absolute atomic E-state index is 0.183. The Kier molecular flexibility index (Phi) is 6.77. The summed E-state index contributed by atoms with van der Waals surface area (Å²) in [6.45, 7) is 3.83. The summed E-state index contributed by atoms with van der Waals surface area (Å²) >= 11 is 0. The lowest BCUT2D eigenvalue weighted by molar-refractivity contribution is -0.122.